The number of carbonyl (C=O) groups is 1. The molecular formula is C16H22N2O4S. The molecule has 0 aliphatic carbocycles. The fourth-order valence-corrected chi connectivity index (χ4v) is 4.12. The van der Waals surface area contributed by atoms with Gasteiger partial charge in [0.1, 0.15) is 12.4 Å². The van der Waals surface area contributed by atoms with E-state index >= 15 is 0 Å². The average molecular weight is 338 g/mol. The van der Waals surface area contributed by atoms with Crippen LogP contribution < -0.4 is 9.46 Å². The molecule has 126 valence electrons. The summed E-state index contributed by atoms with van der Waals surface area (Å²) in [5, 5.41) is 0. The van der Waals surface area contributed by atoms with Crippen molar-refractivity contribution in [1.82, 2.24) is 9.62 Å². The fourth-order valence-electron chi connectivity index (χ4n) is 3.32. The largest absolute Gasteiger partial charge is 0.492 e. The van der Waals surface area contributed by atoms with E-state index in [2.05, 4.69) is 4.72 Å². The Morgan fingerprint density at radius 1 is 1.35 bits per heavy atom. The van der Waals surface area contributed by atoms with Crippen LogP contribution in [-0.2, 0) is 21.2 Å². The Bertz CT molecular complexity index is 689. The molecule has 1 aromatic rings. The molecule has 0 aromatic heterocycles. The molecule has 2 heterocycles. The number of sulfonamides is 1. The highest BCUT2D eigenvalue weighted by Gasteiger charge is 2.32. The molecule has 1 aromatic carbocycles. The van der Waals surface area contributed by atoms with E-state index in [0.29, 0.717) is 26.1 Å². The Morgan fingerprint density at radius 3 is 2.91 bits per heavy atom. The van der Waals surface area contributed by atoms with E-state index in [1.165, 1.54) is 0 Å². The number of likely N-dealkylation sites (tertiary alicyclic amines) is 1. The number of nitrogens with one attached hydrogen (secondary N) is 1. The average Bonchev–Trinajstić information content (AvgIpc) is 2.52. The van der Waals surface area contributed by atoms with Crippen molar-refractivity contribution in [2.45, 2.75) is 25.3 Å². The van der Waals surface area contributed by atoms with Crippen molar-refractivity contribution in [2.75, 3.05) is 26.0 Å². The number of benzene rings is 1. The first-order valence-corrected chi connectivity index (χ1v) is 9.78. The summed E-state index contributed by atoms with van der Waals surface area (Å²) < 4.78 is 31.1. The Morgan fingerprint density at radius 2 is 2.13 bits per heavy atom. The molecule has 6 nitrogen and oxygen atoms in total. The van der Waals surface area contributed by atoms with Crippen molar-refractivity contribution in [3.05, 3.63) is 29.8 Å². The van der Waals surface area contributed by atoms with Crippen LogP contribution in [0.5, 0.6) is 5.75 Å². The molecule has 23 heavy (non-hydrogen) atoms. The molecule has 2 unspecified atom stereocenters. The summed E-state index contributed by atoms with van der Waals surface area (Å²) in [6, 6.07) is 7.58. The minimum Gasteiger partial charge on any atom is -0.492 e. The number of fused-ring (bicyclic) bond motifs is 1. The summed E-state index contributed by atoms with van der Waals surface area (Å²) >= 11 is 0. The number of amides is 1. The molecule has 1 fully saturated rings. The van der Waals surface area contributed by atoms with Crippen molar-refractivity contribution < 1.29 is 17.9 Å². The van der Waals surface area contributed by atoms with E-state index in [1.807, 2.05) is 24.3 Å². The first kappa shape index (κ1) is 16.3. The number of carbonyl (C=O) groups excluding carboxylic acids is 1. The summed E-state index contributed by atoms with van der Waals surface area (Å²) in [5.41, 5.74) is 1.06. The summed E-state index contributed by atoms with van der Waals surface area (Å²) in [6.45, 7) is 1.50. The maximum atomic E-state index is 12.7. The standard InChI is InChI=1S/C16H22N2O4S/c1-23(20,21)17-14-6-4-8-18(10-14)16(19)13-9-12-5-2-3-7-15(12)22-11-13/h2-3,5,7,13-14,17H,4,6,8-11H2,1H3. The van der Waals surface area contributed by atoms with E-state index in [1.54, 1.807) is 4.90 Å². The molecule has 1 amide bonds. The lowest BCUT2D eigenvalue weighted by Crippen LogP contribution is -2.51. The van der Waals surface area contributed by atoms with Crippen molar-refractivity contribution in [3.63, 3.8) is 0 Å². The first-order valence-electron chi connectivity index (χ1n) is 7.89. The molecule has 0 bridgehead atoms. The lowest BCUT2D eigenvalue weighted by Gasteiger charge is -2.36. The molecule has 0 spiro atoms. The Balaban J connectivity index is 1.64. The summed E-state index contributed by atoms with van der Waals surface area (Å²) in [7, 11) is -3.25. The van der Waals surface area contributed by atoms with Gasteiger partial charge in [-0.25, -0.2) is 13.1 Å². The van der Waals surface area contributed by atoms with Crippen LogP contribution in [0.3, 0.4) is 0 Å². The number of hydrogen-bond donors (Lipinski definition) is 1. The molecular weight excluding hydrogens is 316 g/mol. The second kappa shape index (κ2) is 6.49. The highest BCUT2D eigenvalue weighted by molar-refractivity contribution is 7.88. The number of piperidine rings is 1. The van der Waals surface area contributed by atoms with E-state index in [-0.39, 0.29) is 17.9 Å². The zero-order valence-electron chi connectivity index (χ0n) is 13.2. The van der Waals surface area contributed by atoms with Gasteiger partial charge in [0.2, 0.25) is 15.9 Å². The molecule has 1 N–H and O–H groups in total. The topological polar surface area (TPSA) is 75.7 Å². The molecule has 1 saturated heterocycles. The van der Waals surface area contributed by atoms with Gasteiger partial charge in [-0.15, -0.1) is 0 Å². The number of ether oxygens (including phenoxy) is 1. The molecule has 2 atom stereocenters. The van der Waals surface area contributed by atoms with E-state index < -0.39 is 10.0 Å². The third kappa shape index (κ3) is 4.03. The molecule has 0 saturated carbocycles. The quantitative estimate of drug-likeness (QED) is 0.884. The van der Waals surface area contributed by atoms with Crippen LogP contribution in [0.15, 0.2) is 24.3 Å². The van der Waals surface area contributed by atoms with Crippen molar-refractivity contribution in [2.24, 2.45) is 5.92 Å². The van der Waals surface area contributed by atoms with Gasteiger partial charge in [-0.1, -0.05) is 18.2 Å². The minimum atomic E-state index is -3.25. The van der Waals surface area contributed by atoms with Crippen LogP contribution in [-0.4, -0.2) is 51.2 Å². The zero-order valence-corrected chi connectivity index (χ0v) is 14.0. The van der Waals surface area contributed by atoms with Crippen LogP contribution in [0, 0.1) is 5.92 Å². The van der Waals surface area contributed by atoms with Crippen LogP contribution >= 0.6 is 0 Å². The third-order valence-corrected chi connectivity index (χ3v) is 5.10. The van der Waals surface area contributed by atoms with E-state index in [4.69, 9.17) is 4.74 Å². The normalized spacial score (nSPS) is 24.7. The predicted octanol–water partition coefficient (Wildman–Crippen LogP) is 0.778. The van der Waals surface area contributed by atoms with Gasteiger partial charge in [0.25, 0.3) is 0 Å². The lowest BCUT2D eigenvalue weighted by atomic mass is 9.94. The molecule has 3 rings (SSSR count). The Hall–Kier alpha value is -1.60. The molecule has 0 radical (unpaired) electrons. The molecule has 2 aliphatic heterocycles. The zero-order chi connectivity index (χ0) is 16.4. The van der Waals surface area contributed by atoms with Crippen molar-refractivity contribution >= 4 is 15.9 Å². The maximum absolute atomic E-state index is 12.7. The number of para-hydroxylation sites is 1. The van der Waals surface area contributed by atoms with Gasteiger partial charge in [0, 0.05) is 19.1 Å². The van der Waals surface area contributed by atoms with Crippen LogP contribution in [0.1, 0.15) is 18.4 Å². The molecule has 7 heteroatoms. The van der Waals surface area contributed by atoms with Gasteiger partial charge < -0.3 is 9.64 Å². The Kier molecular flexibility index (Phi) is 4.59. The van der Waals surface area contributed by atoms with Gasteiger partial charge in [-0.3, -0.25) is 4.79 Å². The molecule has 2 aliphatic rings. The number of rotatable bonds is 3. The summed E-state index contributed by atoms with van der Waals surface area (Å²) in [4.78, 5) is 14.5. The van der Waals surface area contributed by atoms with Crippen molar-refractivity contribution in [1.29, 1.82) is 0 Å². The second-order valence-corrected chi connectivity index (χ2v) is 8.11. The van der Waals surface area contributed by atoms with E-state index in [9.17, 15) is 13.2 Å². The van der Waals surface area contributed by atoms with Gasteiger partial charge in [-0.05, 0) is 30.9 Å². The number of nitrogens with zero attached hydrogens (tertiary/aromatic N) is 1. The smallest absolute Gasteiger partial charge is 0.229 e. The summed E-state index contributed by atoms with van der Waals surface area (Å²) in [5.74, 6) is 0.716. The van der Waals surface area contributed by atoms with Gasteiger partial charge >= 0.3 is 0 Å². The third-order valence-electron chi connectivity index (χ3n) is 4.34. The summed E-state index contributed by atoms with van der Waals surface area (Å²) in [6.07, 6.45) is 3.40. The number of hydrogen-bond acceptors (Lipinski definition) is 4. The predicted molar refractivity (Wildman–Crippen MR) is 86.7 cm³/mol. The highest BCUT2D eigenvalue weighted by Crippen LogP contribution is 2.28. The van der Waals surface area contributed by atoms with Crippen LogP contribution in [0.2, 0.25) is 0 Å². The highest BCUT2D eigenvalue weighted by atomic mass is 32.2. The van der Waals surface area contributed by atoms with Crippen LogP contribution in [0.25, 0.3) is 0 Å². The Labute approximate surface area is 136 Å². The lowest BCUT2D eigenvalue weighted by molar-refractivity contribution is -0.138. The van der Waals surface area contributed by atoms with Gasteiger partial charge in [0.15, 0.2) is 0 Å². The van der Waals surface area contributed by atoms with Gasteiger partial charge in [0.05, 0.1) is 12.2 Å². The fraction of sp³-hybridized carbons (Fsp3) is 0.562. The van der Waals surface area contributed by atoms with Gasteiger partial charge in [-0.2, -0.15) is 0 Å². The van der Waals surface area contributed by atoms with E-state index in [0.717, 1.165) is 30.4 Å². The second-order valence-electron chi connectivity index (χ2n) is 6.33. The maximum Gasteiger partial charge on any atom is 0.229 e. The monoisotopic (exact) mass is 338 g/mol. The van der Waals surface area contributed by atoms with Crippen LogP contribution in [0.4, 0.5) is 0 Å². The van der Waals surface area contributed by atoms with Crippen molar-refractivity contribution in [3.8, 4) is 5.75 Å². The minimum absolute atomic E-state index is 0.0551. The SMILES string of the molecule is CS(=O)(=O)NC1CCCN(C(=O)C2COc3ccccc3C2)C1. The first-order chi connectivity index (χ1) is 10.9.